The largest absolute Gasteiger partial charge is 0.496 e. The average Bonchev–Trinajstić information content (AvgIpc) is 3.55. The number of hydrogen-bond donors (Lipinski definition) is 3. The summed E-state index contributed by atoms with van der Waals surface area (Å²) in [6, 6.07) is 14.3. The molecule has 0 aliphatic rings. The molecule has 50 heavy (non-hydrogen) atoms. The van der Waals surface area contributed by atoms with E-state index in [2.05, 4.69) is 20.3 Å². The molecule has 0 bridgehead atoms. The maximum Gasteiger partial charge on any atom is 0.419 e. The van der Waals surface area contributed by atoms with E-state index in [0.717, 1.165) is 12.1 Å². The lowest BCUT2D eigenvalue weighted by atomic mass is 9.93. The standard InChI is InChI=1S/C22H25F3N4OS.C13H11F3N2O/c1-14(2)12-21(3,26)13-30-18-5-4-15(10-17(18)22(23,24)25)16-6-7-27-19(11-16)29-20-28-8-9-31-20;1-19-11-3-2-8(6-10(11)13(14,15)16)9-4-5-18-12(17)7-9/h4-11,14H,12-13,26H2,1-3H3,(H,27,28,29);2-7H,1H3,(H2,17,18)/t21-;/m0./s1. The van der Waals surface area contributed by atoms with Crippen molar-refractivity contribution in [2.24, 2.45) is 11.7 Å². The van der Waals surface area contributed by atoms with Crippen LogP contribution in [0, 0.1) is 5.92 Å². The van der Waals surface area contributed by atoms with Gasteiger partial charge in [-0.1, -0.05) is 26.0 Å². The van der Waals surface area contributed by atoms with Gasteiger partial charge in [-0.2, -0.15) is 26.3 Å². The SMILES string of the molecule is CC(C)C[C@](C)(N)COc1ccc(-c2ccnc(Nc3nccs3)c2)cc1C(F)(F)F.COc1ccc(-c2ccnc(N)c2)cc1C(F)(F)F. The summed E-state index contributed by atoms with van der Waals surface area (Å²) >= 11 is 1.40. The highest BCUT2D eigenvalue weighted by atomic mass is 32.1. The highest BCUT2D eigenvalue weighted by Crippen LogP contribution is 2.40. The number of ether oxygens (including phenoxy) is 2. The van der Waals surface area contributed by atoms with Crippen LogP contribution >= 0.6 is 11.3 Å². The zero-order valence-corrected chi connectivity index (χ0v) is 28.4. The van der Waals surface area contributed by atoms with Gasteiger partial charge in [0.1, 0.15) is 29.7 Å². The molecular formula is C35H36F6N6O2S. The van der Waals surface area contributed by atoms with Crippen LogP contribution in [0.3, 0.4) is 0 Å². The second-order valence-electron chi connectivity index (χ2n) is 12.0. The van der Waals surface area contributed by atoms with E-state index in [4.69, 9.17) is 20.9 Å². The van der Waals surface area contributed by atoms with E-state index in [1.165, 1.54) is 49.0 Å². The Morgan fingerprint density at radius 3 is 1.86 bits per heavy atom. The monoisotopic (exact) mass is 718 g/mol. The van der Waals surface area contributed by atoms with Crippen molar-refractivity contribution in [1.82, 2.24) is 15.0 Å². The van der Waals surface area contributed by atoms with Crippen LogP contribution < -0.4 is 26.3 Å². The molecule has 0 saturated carbocycles. The third-order valence-corrected chi connectivity index (χ3v) is 7.79. The Hall–Kier alpha value is -4.89. The zero-order chi connectivity index (χ0) is 36.7. The van der Waals surface area contributed by atoms with Crippen LogP contribution in [0.4, 0.5) is 43.1 Å². The van der Waals surface area contributed by atoms with Gasteiger partial charge in [-0.15, -0.1) is 11.3 Å². The molecule has 0 aliphatic carbocycles. The van der Waals surface area contributed by atoms with E-state index in [0.29, 0.717) is 45.5 Å². The lowest BCUT2D eigenvalue weighted by Gasteiger charge is -2.27. The predicted molar refractivity (Wildman–Crippen MR) is 183 cm³/mol. The number of alkyl halides is 6. The van der Waals surface area contributed by atoms with Gasteiger partial charge >= 0.3 is 12.4 Å². The molecule has 5 N–H and O–H groups in total. The molecule has 5 aromatic rings. The van der Waals surface area contributed by atoms with E-state index < -0.39 is 29.0 Å². The van der Waals surface area contributed by atoms with E-state index in [1.807, 2.05) is 19.2 Å². The maximum absolute atomic E-state index is 13.8. The van der Waals surface area contributed by atoms with E-state index in [1.54, 1.807) is 43.5 Å². The highest BCUT2D eigenvalue weighted by molar-refractivity contribution is 7.13. The molecule has 2 aromatic carbocycles. The van der Waals surface area contributed by atoms with Crippen LogP contribution in [0.2, 0.25) is 0 Å². The number of nitrogen functional groups attached to an aromatic ring is 1. The van der Waals surface area contributed by atoms with Gasteiger partial charge in [0, 0.05) is 29.5 Å². The van der Waals surface area contributed by atoms with Crippen molar-refractivity contribution in [1.29, 1.82) is 0 Å². The highest BCUT2D eigenvalue weighted by Gasteiger charge is 2.36. The number of thiazole rings is 1. The average molecular weight is 719 g/mol. The van der Waals surface area contributed by atoms with Crippen LogP contribution in [-0.4, -0.2) is 34.2 Å². The van der Waals surface area contributed by atoms with Gasteiger partial charge < -0.3 is 26.3 Å². The number of nitrogens with two attached hydrogens (primary N) is 2. The fraction of sp³-hybridized carbons (Fsp3) is 0.286. The normalized spacial score (nSPS) is 12.9. The quantitative estimate of drug-likeness (QED) is 0.122. The van der Waals surface area contributed by atoms with Crippen molar-refractivity contribution in [2.75, 3.05) is 24.8 Å². The van der Waals surface area contributed by atoms with E-state index in [9.17, 15) is 26.3 Å². The Bertz CT molecular complexity index is 1860. The van der Waals surface area contributed by atoms with Crippen molar-refractivity contribution < 1.29 is 35.8 Å². The number of nitrogens with one attached hydrogen (secondary N) is 1. The molecule has 0 radical (unpaired) electrons. The number of methoxy groups -OCH3 is 1. The number of halogens is 6. The molecule has 0 spiro atoms. The number of rotatable bonds is 10. The number of aromatic nitrogens is 3. The van der Waals surface area contributed by atoms with Gasteiger partial charge in [0.25, 0.3) is 0 Å². The summed E-state index contributed by atoms with van der Waals surface area (Å²) in [4.78, 5) is 12.1. The Balaban J connectivity index is 0.000000252. The van der Waals surface area contributed by atoms with E-state index in [-0.39, 0.29) is 23.9 Å². The molecule has 0 unspecified atom stereocenters. The lowest BCUT2D eigenvalue weighted by molar-refractivity contribution is -0.139. The van der Waals surface area contributed by atoms with Crippen molar-refractivity contribution in [3.05, 3.63) is 95.8 Å². The number of anilines is 3. The summed E-state index contributed by atoms with van der Waals surface area (Å²) in [5.41, 5.74) is 11.3. The van der Waals surface area contributed by atoms with Gasteiger partial charge in [-0.3, -0.25) is 0 Å². The van der Waals surface area contributed by atoms with E-state index >= 15 is 0 Å². The first-order chi connectivity index (χ1) is 23.4. The van der Waals surface area contributed by atoms with Crippen molar-refractivity contribution in [2.45, 2.75) is 45.1 Å². The van der Waals surface area contributed by atoms with Crippen molar-refractivity contribution >= 4 is 28.1 Å². The summed E-state index contributed by atoms with van der Waals surface area (Å²) in [6.45, 7) is 5.79. The van der Waals surface area contributed by atoms with Crippen LogP contribution in [0.15, 0.2) is 84.6 Å². The minimum atomic E-state index is -4.57. The molecule has 266 valence electrons. The fourth-order valence-electron chi connectivity index (χ4n) is 5.10. The Morgan fingerprint density at radius 2 is 1.32 bits per heavy atom. The second-order valence-corrected chi connectivity index (χ2v) is 12.9. The molecule has 0 saturated heterocycles. The molecule has 3 aromatic heterocycles. The maximum atomic E-state index is 13.8. The van der Waals surface area contributed by atoms with Crippen LogP contribution in [0.1, 0.15) is 38.3 Å². The van der Waals surface area contributed by atoms with Crippen molar-refractivity contribution in [3.63, 3.8) is 0 Å². The third kappa shape index (κ3) is 10.6. The van der Waals surface area contributed by atoms with Gasteiger partial charge in [0.05, 0.1) is 18.2 Å². The molecule has 0 aliphatic heterocycles. The molecule has 0 fully saturated rings. The summed E-state index contributed by atoms with van der Waals surface area (Å²) in [7, 11) is 1.20. The third-order valence-electron chi connectivity index (χ3n) is 7.10. The zero-order valence-electron chi connectivity index (χ0n) is 27.6. The Morgan fingerprint density at radius 1 is 0.760 bits per heavy atom. The Kier molecular flexibility index (Phi) is 12.0. The first kappa shape index (κ1) is 37.9. The topological polar surface area (TPSA) is 121 Å². The van der Waals surface area contributed by atoms with Gasteiger partial charge in [-0.25, -0.2) is 15.0 Å². The number of benzene rings is 2. The molecule has 15 heteroatoms. The Labute approximate surface area is 289 Å². The molecule has 1 atom stereocenters. The summed E-state index contributed by atoms with van der Waals surface area (Å²) in [5, 5.41) is 5.50. The minimum Gasteiger partial charge on any atom is -0.496 e. The number of hydrogen-bond acceptors (Lipinski definition) is 9. The van der Waals surface area contributed by atoms with Crippen LogP contribution in [0.25, 0.3) is 22.3 Å². The van der Waals surface area contributed by atoms with Crippen LogP contribution in [-0.2, 0) is 12.4 Å². The molecular weight excluding hydrogens is 682 g/mol. The molecule has 3 heterocycles. The van der Waals surface area contributed by atoms with Gasteiger partial charge in [0.15, 0.2) is 5.13 Å². The lowest BCUT2D eigenvalue weighted by Crippen LogP contribution is -2.43. The fourth-order valence-corrected chi connectivity index (χ4v) is 5.64. The summed E-state index contributed by atoms with van der Waals surface area (Å²) in [5.74, 6) is 0.614. The first-order valence-corrected chi connectivity index (χ1v) is 16.1. The first-order valence-electron chi connectivity index (χ1n) is 15.2. The predicted octanol–water partition coefficient (Wildman–Crippen LogP) is 9.47. The number of nitrogens with zero attached hydrogens (tertiary/aromatic N) is 3. The van der Waals surface area contributed by atoms with Crippen LogP contribution in [0.5, 0.6) is 11.5 Å². The van der Waals surface area contributed by atoms with Gasteiger partial charge in [0.2, 0.25) is 0 Å². The van der Waals surface area contributed by atoms with Crippen molar-refractivity contribution in [3.8, 4) is 33.8 Å². The van der Waals surface area contributed by atoms with Gasteiger partial charge in [-0.05, 0) is 90.0 Å². The number of pyridine rings is 2. The summed E-state index contributed by atoms with van der Waals surface area (Å²) in [6.07, 6.45) is -3.77. The minimum absolute atomic E-state index is 0.00918. The smallest absolute Gasteiger partial charge is 0.419 e. The second kappa shape index (κ2) is 15.8. The summed E-state index contributed by atoms with van der Waals surface area (Å²) < 4.78 is 90.2. The molecule has 8 nitrogen and oxygen atoms in total. The molecule has 5 rings (SSSR count). The molecule has 0 amide bonds.